The first-order valence-corrected chi connectivity index (χ1v) is 7.83. The Morgan fingerprint density at radius 2 is 1.95 bits per heavy atom. The summed E-state index contributed by atoms with van der Waals surface area (Å²) in [7, 11) is -3.65. The van der Waals surface area contributed by atoms with E-state index in [0.717, 1.165) is 22.2 Å². The summed E-state index contributed by atoms with van der Waals surface area (Å²) >= 11 is 0. The SMILES string of the molecule is Cc1cc(C)c(NS(=O)(=O)c2ccc3[nH]ncc3c2)cn1. The molecule has 0 fully saturated rings. The van der Waals surface area contributed by atoms with Crippen LogP contribution in [0.25, 0.3) is 10.9 Å². The normalized spacial score (nSPS) is 11.7. The number of aromatic amines is 1. The Kier molecular flexibility index (Phi) is 3.13. The van der Waals surface area contributed by atoms with Gasteiger partial charge in [-0.3, -0.25) is 14.8 Å². The van der Waals surface area contributed by atoms with Gasteiger partial charge in [0.05, 0.1) is 28.5 Å². The third-order valence-electron chi connectivity index (χ3n) is 3.21. The van der Waals surface area contributed by atoms with Gasteiger partial charge in [0, 0.05) is 11.1 Å². The number of rotatable bonds is 3. The van der Waals surface area contributed by atoms with Gasteiger partial charge in [-0.1, -0.05) is 0 Å². The number of hydrogen-bond acceptors (Lipinski definition) is 4. The Morgan fingerprint density at radius 1 is 1.14 bits per heavy atom. The first-order valence-electron chi connectivity index (χ1n) is 6.35. The monoisotopic (exact) mass is 302 g/mol. The quantitative estimate of drug-likeness (QED) is 0.777. The minimum atomic E-state index is -3.65. The van der Waals surface area contributed by atoms with Crippen molar-refractivity contribution in [2.45, 2.75) is 18.7 Å². The van der Waals surface area contributed by atoms with Crippen molar-refractivity contribution in [3.05, 3.63) is 47.9 Å². The van der Waals surface area contributed by atoms with Crippen molar-refractivity contribution in [1.82, 2.24) is 15.2 Å². The van der Waals surface area contributed by atoms with Crippen LogP contribution in [0.15, 0.2) is 41.6 Å². The van der Waals surface area contributed by atoms with Crippen LogP contribution in [0.2, 0.25) is 0 Å². The molecule has 0 spiro atoms. The lowest BCUT2D eigenvalue weighted by Crippen LogP contribution is -2.14. The predicted octanol–water partition coefficient (Wildman–Crippen LogP) is 2.38. The minimum absolute atomic E-state index is 0.191. The summed E-state index contributed by atoms with van der Waals surface area (Å²) in [6.45, 7) is 3.70. The van der Waals surface area contributed by atoms with E-state index in [4.69, 9.17) is 0 Å². The van der Waals surface area contributed by atoms with Gasteiger partial charge in [0.15, 0.2) is 0 Å². The maximum absolute atomic E-state index is 12.4. The minimum Gasteiger partial charge on any atom is -0.278 e. The summed E-state index contributed by atoms with van der Waals surface area (Å²) in [5.41, 5.74) is 2.95. The number of benzene rings is 1. The maximum atomic E-state index is 12.4. The lowest BCUT2D eigenvalue weighted by atomic mass is 10.2. The maximum Gasteiger partial charge on any atom is 0.261 e. The predicted molar refractivity (Wildman–Crippen MR) is 80.6 cm³/mol. The van der Waals surface area contributed by atoms with Gasteiger partial charge in [0.2, 0.25) is 0 Å². The third kappa shape index (κ3) is 2.59. The molecule has 3 aromatic rings. The number of sulfonamides is 1. The van der Waals surface area contributed by atoms with Crippen molar-refractivity contribution < 1.29 is 8.42 Å². The Labute approximate surface area is 122 Å². The lowest BCUT2D eigenvalue weighted by Gasteiger charge is -2.10. The highest BCUT2D eigenvalue weighted by atomic mass is 32.2. The summed E-state index contributed by atoms with van der Waals surface area (Å²) in [5, 5.41) is 7.42. The number of aryl methyl sites for hydroxylation is 2. The molecule has 0 saturated carbocycles. The Balaban J connectivity index is 1.99. The van der Waals surface area contributed by atoms with Crippen LogP contribution in [-0.2, 0) is 10.0 Å². The number of aromatic nitrogens is 3. The number of nitrogens with zero attached hydrogens (tertiary/aromatic N) is 2. The molecule has 2 aromatic heterocycles. The molecule has 6 nitrogen and oxygen atoms in total. The molecule has 0 radical (unpaired) electrons. The summed E-state index contributed by atoms with van der Waals surface area (Å²) in [5.74, 6) is 0. The Morgan fingerprint density at radius 3 is 2.71 bits per heavy atom. The van der Waals surface area contributed by atoms with Crippen molar-refractivity contribution in [2.24, 2.45) is 0 Å². The number of fused-ring (bicyclic) bond motifs is 1. The average molecular weight is 302 g/mol. The molecule has 0 bridgehead atoms. The van der Waals surface area contributed by atoms with E-state index in [0.29, 0.717) is 5.69 Å². The molecule has 0 aliphatic carbocycles. The molecule has 0 aliphatic heterocycles. The molecule has 7 heteroatoms. The van der Waals surface area contributed by atoms with E-state index in [9.17, 15) is 8.42 Å². The van der Waals surface area contributed by atoms with E-state index in [1.165, 1.54) is 6.20 Å². The van der Waals surface area contributed by atoms with Gasteiger partial charge in [0.25, 0.3) is 10.0 Å². The molecule has 0 amide bonds. The molecule has 3 rings (SSSR count). The second-order valence-corrected chi connectivity index (χ2v) is 6.55. The molecule has 0 atom stereocenters. The summed E-state index contributed by atoms with van der Waals surface area (Å²) in [4.78, 5) is 4.31. The van der Waals surface area contributed by atoms with Gasteiger partial charge in [-0.2, -0.15) is 5.10 Å². The van der Waals surface area contributed by atoms with Crippen molar-refractivity contribution in [3.63, 3.8) is 0 Å². The molecule has 0 unspecified atom stereocenters. The smallest absolute Gasteiger partial charge is 0.261 e. The molecule has 2 N–H and O–H groups in total. The molecular formula is C14H14N4O2S. The van der Waals surface area contributed by atoms with Crippen LogP contribution >= 0.6 is 0 Å². The zero-order valence-corrected chi connectivity index (χ0v) is 12.4. The van der Waals surface area contributed by atoms with Gasteiger partial charge >= 0.3 is 0 Å². The first-order chi connectivity index (χ1) is 9.95. The second-order valence-electron chi connectivity index (χ2n) is 4.87. The summed E-state index contributed by atoms with van der Waals surface area (Å²) < 4.78 is 27.4. The third-order valence-corrected chi connectivity index (χ3v) is 4.58. The highest BCUT2D eigenvalue weighted by Gasteiger charge is 2.16. The molecular weight excluding hydrogens is 288 g/mol. The van der Waals surface area contributed by atoms with E-state index in [1.54, 1.807) is 24.4 Å². The van der Waals surface area contributed by atoms with E-state index in [-0.39, 0.29) is 4.90 Å². The zero-order valence-electron chi connectivity index (χ0n) is 11.6. The summed E-state index contributed by atoms with van der Waals surface area (Å²) in [6, 6.07) is 6.65. The van der Waals surface area contributed by atoms with Crippen LogP contribution in [0.4, 0.5) is 5.69 Å². The van der Waals surface area contributed by atoms with E-state index in [1.807, 2.05) is 19.9 Å². The van der Waals surface area contributed by atoms with Crippen LogP contribution in [0.3, 0.4) is 0 Å². The second kappa shape index (κ2) is 4.85. The van der Waals surface area contributed by atoms with Crippen LogP contribution in [0.5, 0.6) is 0 Å². The fraction of sp³-hybridized carbons (Fsp3) is 0.143. The zero-order chi connectivity index (χ0) is 15.0. The molecule has 0 aliphatic rings. The fourth-order valence-corrected chi connectivity index (χ4v) is 3.25. The van der Waals surface area contributed by atoms with Crippen LogP contribution in [0.1, 0.15) is 11.3 Å². The first kappa shape index (κ1) is 13.6. The highest BCUT2D eigenvalue weighted by molar-refractivity contribution is 7.92. The topological polar surface area (TPSA) is 87.7 Å². The van der Waals surface area contributed by atoms with Gasteiger partial charge in [-0.05, 0) is 43.7 Å². The van der Waals surface area contributed by atoms with Gasteiger partial charge in [-0.15, -0.1) is 0 Å². The Bertz CT molecular complexity index is 916. The van der Waals surface area contributed by atoms with Gasteiger partial charge in [-0.25, -0.2) is 8.42 Å². The summed E-state index contributed by atoms with van der Waals surface area (Å²) in [6.07, 6.45) is 3.12. The van der Waals surface area contributed by atoms with Crippen LogP contribution < -0.4 is 4.72 Å². The molecule has 21 heavy (non-hydrogen) atoms. The molecule has 108 valence electrons. The van der Waals surface area contributed by atoms with E-state index >= 15 is 0 Å². The van der Waals surface area contributed by atoms with E-state index < -0.39 is 10.0 Å². The largest absolute Gasteiger partial charge is 0.278 e. The van der Waals surface area contributed by atoms with Crippen molar-refractivity contribution >= 4 is 26.6 Å². The number of anilines is 1. The number of nitrogens with one attached hydrogen (secondary N) is 2. The van der Waals surface area contributed by atoms with E-state index in [2.05, 4.69) is 19.9 Å². The van der Waals surface area contributed by atoms with Crippen LogP contribution in [0, 0.1) is 13.8 Å². The number of H-pyrrole nitrogens is 1. The Hall–Kier alpha value is -2.41. The standard InChI is InChI=1S/C14H14N4O2S/c1-9-5-10(2)15-8-14(9)18-21(19,20)12-3-4-13-11(6-12)7-16-17-13/h3-8,18H,1-2H3,(H,16,17). The van der Waals surface area contributed by atoms with Crippen molar-refractivity contribution in [3.8, 4) is 0 Å². The van der Waals surface area contributed by atoms with Crippen LogP contribution in [-0.4, -0.2) is 23.6 Å². The average Bonchev–Trinajstić information content (AvgIpc) is 2.89. The molecule has 2 heterocycles. The lowest BCUT2D eigenvalue weighted by molar-refractivity contribution is 0.601. The molecule has 0 saturated heterocycles. The van der Waals surface area contributed by atoms with Crippen molar-refractivity contribution in [2.75, 3.05) is 4.72 Å². The highest BCUT2D eigenvalue weighted by Crippen LogP contribution is 2.21. The van der Waals surface area contributed by atoms with Crippen molar-refractivity contribution in [1.29, 1.82) is 0 Å². The number of pyridine rings is 1. The molecule has 1 aromatic carbocycles. The number of hydrogen-bond donors (Lipinski definition) is 2. The van der Waals surface area contributed by atoms with Gasteiger partial charge < -0.3 is 0 Å². The van der Waals surface area contributed by atoms with Gasteiger partial charge in [0.1, 0.15) is 0 Å². The fourth-order valence-electron chi connectivity index (χ4n) is 2.10.